The minimum atomic E-state index is -0.330. The Hall–Kier alpha value is -1.32. The molecule has 0 amide bonds. The molecule has 110 valence electrons. The van der Waals surface area contributed by atoms with Gasteiger partial charge >= 0.3 is 0 Å². The highest BCUT2D eigenvalue weighted by Gasteiger charge is 2.15. The van der Waals surface area contributed by atoms with Crippen molar-refractivity contribution in [3.8, 4) is 0 Å². The zero-order valence-corrected chi connectivity index (χ0v) is 13.1. The lowest BCUT2D eigenvalue weighted by atomic mass is 10.2. The van der Waals surface area contributed by atoms with Gasteiger partial charge < -0.3 is 14.6 Å². The van der Waals surface area contributed by atoms with Gasteiger partial charge in [0, 0.05) is 23.1 Å². The van der Waals surface area contributed by atoms with Gasteiger partial charge in [-0.15, -0.1) is 0 Å². The summed E-state index contributed by atoms with van der Waals surface area (Å²) < 4.78 is 2.25. The largest absolute Gasteiger partial charge is 0.390 e. The van der Waals surface area contributed by atoms with E-state index in [9.17, 15) is 5.11 Å². The highest BCUT2D eigenvalue weighted by molar-refractivity contribution is 5.85. The first-order valence-electron chi connectivity index (χ1n) is 7.53. The van der Waals surface area contributed by atoms with Crippen LogP contribution in [0.1, 0.15) is 25.1 Å². The smallest absolute Gasteiger partial charge is 0.0845 e. The normalized spacial score (nSPS) is 13.3. The second-order valence-electron chi connectivity index (χ2n) is 5.48. The number of para-hydroxylation sites is 1. The summed E-state index contributed by atoms with van der Waals surface area (Å²) in [5.41, 5.74) is 3.79. The highest BCUT2D eigenvalue weighted by atomic mass is 16.3. The number of aliphatic hydroxyl groups excluding tert-OH is 1. The summed E-state index contributed by atoms with van der Waals surface area (Å²) >= 11 is 0. The van der Waals surface area contributed by atoms with Gasteiger partial charge in [0.25, 0.3) is 0 Å². The van der Waals surface area contributed by atoms with Gasteiger partial charge in [-0.1, -0.05) is 32.0 Å². The fourth-order valence-corrected chi connectivity index (χ4v) is 2.89. The van der Waals surface area contributed by atoms with E-state index in [0.29, 0.717) is 6.54 Å². The molecule has 0 saturated heterocycles. The van der Waals surface area contributed by atoms with Crippen LogP contribution in [0.4, 0.5) is 0 Å². The van der Waals surface area contributed by atoms with Gasteiger partial charge in [-0.25, -0.2) is 0 Å². The molecular weight excluding hydrogens is 248 g/mol. The van der Waals surface area contributed by atoms with E-state index in [-0.39, 0.29) is 6.10 Å². The first-order chi connectivity index (χ1) is 9.58. The Balaban J connectivity index is 2.23. The second kappa shape index (κ2) is 6.42. The molecule has 0 spiro atoms. The van der Waals surface area contributed by atoms with E-state index in [4.69, 9.17) is 0 Å². The van der Waals surface area contributed by atoms with Crippen LogP contribution in [0.3, 0.4) is 0 Å². The first kappa shape index (κ1) is 15.1. The predicted octanol–water partition coefficient (Wildman–Crippen LogP) is 2.96. The number of nitrogens with zero attached hydrogens (tertiary/aromatic N) is 2. The number of hydrogen-bond donors (Lipinski definition) is 1. The summed E-state index contributed by atoms with van der Waals surface area (Å²) in [5, 5.41) is 11.7. The molecule has 0 bridgehead atoms. The molecule has 0 radical (unpaired) electrons. The molecule has 0 aliphatic heterocycles. The number of rotatable bonds is 6. The molecule has 1 atom stereocenters. The SMILES string of the molecule is CCN(CC)CC(O)Cn1c(C)c(C)c2ccccc21. The van der Waals surface area contributed by atoms with Crippen molar-refractivity contribution in [1.82, 2.24) is 9.47 Å². The van der Waals surface area contributed by atoms with Crippen molar-refractivity contribution in [3.63, 3.8) is 0 Å². The summed E-state index contributed by atoms with van der Waals surface area (Å²) in [6.45, 7) is 11.9. The van der Waals surface area contributed by atoms with Crippen LogP contribution in [0.15, 0.2) is 24.3 Å². The first-order valence-corrected chi connectivity index (χ1v) is 7.53. The average molecular weight is 274 g/mol. The van der Waals surface area contributed by atoms with Crippen LogP contribution in [0, 0.1) is 13.8 Å². The number of aryl methyl sites for hydroxylation is 1. The number of aliphatic hydroxyl groups is 1. The molecule has 1 aromatic carbocycles. The van der Waals surface area contributed by atoms with E-state index in [2.05, 4.69) is 61.4 Å². The fraction of sp³-hybridized carbons (Fsp3) is 0.529. The molecule has 20 heavy (non-hydrogen) atoms. The topological polar surface area (TPSA) is 28.4 Å². The van der Waals surface area contributed by atoms with Gasteiger partial charge in [0.05, 0.1) is 12.6 Å². The van der Waals surface area contributed by atoms with Crippen molar-refractivity contribution in [2.24, 2.45) is 0 Å². The van der Waals surface area contributed by atoms with E-state index in [1.54, 1.807) is 0 Å². The molecular formula is C17H26N2O. The number of aromatic nitrogens is 1. The van der Waals surface area contributed by atoms with Gasteiger partial charge in [0.15, 0.2) is 0 Å². The Morgan fingerprint density at radius 3 is 2.45 bits per heavy atom. The average Bonchev–Trinajstić information content (AvgIpc) is 2.70. The molecule has 0 aliphatic rings. The molecule has 0 fully saturated rings. The van der Waals surface area contributed by atoms with Crippen molar-refractivity contribution in [2.45, 2.75) is 40.3 Å². The van der Waals surface area contributed by atoms with Gasteiger partial charge in [0.1, 0.15) is 0 Å². The number of hydrogen-bond acceptors (Lipinski definition) is 2. The Morgan fingerprint density at radius 2 is 1.80 bits per heavy atom. The standard InChI is InChI=1S/C17H26N2O/c1-5-18(6-2)11-15(20)12-19-14(4)13(3)16-9-7-8-10-17(16)19/h7-10,15,20H,5-6,11-12H2,1-4H3. The third-order valence-electron chi connectivity index (χ3n) is 4.30. The van der Waals surface area contributed by atoms with E-state index in [1.165, 1.54) is 22.2 Å². The lowest BCUT2D eigenvalue weighted by molar-refractivity contribution is 0.104. The minimum absolute atomic E-state index is 0.330. The Kier molecular flexibility index (Phi) is 4.84. The zero-order chi connectivity index (χ0) is 14.7. The molecule has 1 heterocycles. The van der Waals surface area contributed by atoms with E-state index >= 15 is 0 Å². The maximum atomic E-state index is 10.4. The molecule has 0 aliphatic carbocycles. The van der Waals surface area contributed by atoms with Crippen LogP contribution in [0.2, 0.25) is 0 Å². The molecule has 1 unspecified atom stereocenters. The maximum absolute atomic E-state index is 10.4. The van der Waals surface area contributed by atoms with Gasteiger partial charge in [-0.05, 0) is 38.6 Å². The minimum Gasteiger partial charge on any atom is -0.390 e. The lowest BCUT2D eigenvalue weighted by Gasteiger charge is -2.23. The quantitative estimate of drug-likeness (QED) is 0.877. The third kappa shape index (κ3) is 2.89. The summed E-state index contributed by atoms with van der Waals surface area (Å²) in [5.74, 6) is 0. The number of fused-ring (bicyclic) bond motifs is 1. The second-order valence-corrected chi connectivity index (χ2v) is 5.48. The van der Waals surface area contributed by atoms with Crippen LogP contribution in [0.25, 0.3) is 10.9 Å². The lowest BCUT2D eigenvalue weighted by Crippen LogP contribution is -2.34. The molecule has 2 aromatic rings. The van der Waals surface area contributed by atoms with Crippen LogP contribution in [0.5, 0.6) is 0 Å². The van der Waals surface area contributed by atoms with Crippen LogP contribution < -0.4 is 0 Å². The zero-order valence-electron chi connectivity index (χ0n) is 13.1. The van der Waals surface area contributed by atoms with Gasteiger partial charge in [-0.2, -0.15) is 0 Å². The van der Waals surface area contributed by atoms with Crippen molar-refractivity contribution < 1.29 is 5.11 Å². The van der Waals surface area contributed by atoms with Crippen molar-refractivity contribution in [3.05, 3.63) is 35.5 Å². The molecule has 1 aromatic heterocycles. The van der Waals surface area contributed by atoms with Crippen LogP contribution >= 0.6 is 0 Å². The molecule has 0 saturated carbocycles. The summed E-state index contributed by atoms with van der Waals surface area (Å²) in [6, 6.07) is 8.43. The van der Waals surface area contributed by atoms with Gasteiger partial charge in [-0.3, -0.25) is 0 Å². The predicted molar refractivity (Wildman–Crippen MR) is 85.2 cm³/mol. The summed E-state index contributed by atoms with van der Waals surface area (Å²) in [6.07, 6.45) is -0.330. The monoisotopic (exact) mass is 274 g/mol. The van der Waals surface area contributed by atoms with E-state index in [0.717, 1.165) is 19.6 Å². The van der Waals surface area contributed by atoms with Crippen molar-refractivity contribution >= 4 is 10.9 Å². The Bertz CT molecular complexity index is 570. The van der Waals surface area contributed by atoms with Crippen molar-refractivity contribution in [2.75, 3.05) is 19.6 Å². The molecule has 2 rings (SSSR count). The summed E-state index contributed by atoms with van der Waals surface area (Å²) in [7, 11) is 0. The van der Waals surface area contributed by atoms with E-state index in [1.807, 2.05) is 0 Å². The third-order valence-corrected chi connectivity index (χ3v) is 4.30. The number of likely N-dealkylation sites (N-methyl/N-ethyl adjacent to an activating group) is 1. The van der Waals surface area contributed by atoms with Gasteiger partial charge in [0.2, 0.25) is 0 Å². The molecule has 1 N–H and O–H groups in total. The summed E-state index contributed by atoms with van der Waals surface area (Å²) in [4.78, 5) is 2.26. The Morgan fingerprint density at radius 1 is 1.15 bits per heavy atom. The van der Waals surface area contributed by atoms with Crippen LogP contribution in [-0.4, -0.2) is 40.3 Å². The van der Waals surface area contributed by atoms with E-state index < -0.39 is 0 Å². The molecule has 3 nitrogen and oxygen atoms in total. The Labute approximate surface area is 121 Å². The highest BCUT2D eigenvalue weighted by Crippen LogP contribution is 2.25. The fourth-order valence-electron chi connectivity index (χ4n) is 2.89. The van der Waals surface area contributed by atoms with Crippen LogP contribution in [-0.2, 0) is 6.54 Å². The maximum Gasteiger partial charge on any atom is 0.0845 e. The number of benzene rings is 1. The molecule has 3 heteroatoms. The van der Waals surface area contributed by atoms with Crippen molar-refractivity contribution in [1.29, 1.82) is 0 Å².